The van der Waals surface area contributed by atoms with Gasteiger partial charge < -0.3 is 5.32 Å². The third-order valence-electron chi connectivity index (χ3n) is 1.21. The van der Waals surface area contributed by atoms with Crippen molar-refractivity contribution in [3.63, 3.8) is 0 Å². The van der Waals surface area contributed by atoms with E-state index in [0.29, 0.717) is 6.04 Å². The number of hydrogen-bond acceptors (Lipinski definition) is 2. The molecule has 3 heteroatoms. The Bertz CT molecular complexity index is 125. The van der Waals surface area contributed by atoms with Gasteiger partial charge in [-0.2, -0.15) is 0 Å². The van der Waals surface area contributed by atoms with Crippen LogP contribution >= 0.6 is 0 Å². The van der Waals surface area contributed by atoms with Gasteiger partial charge in [0.25, 0.3) is 0 Å². The maximum Gasteiger partial charge on any atom is 0.0357 e. The minimum Gasteiger partial charge on any atom is -0.310 e. The van der Waals surface area contributed by atoms with Gasteiger partial charge in [-0.1, -0.05) is 6.08 Å². The quantitative estimate of drug-likeness (QED) is 0.596. The molecule has 2 nitrogen and oxygen atoms in total. The van der Waals surface area contributed by atoms with Crippen molar-refractivity contribution in [2.45, 2.75) is 13.0 Å². The van der Waals surface area contributed by atoms with Gasteiger partial charge in [-0.05, 0) is 6.92 Å². The van der Waals surface area contributed by atoms with E-state index in [9.17, 15) is 4.21 Å². The molecule has 0 amide bonds. The van der Waals surface area contributed by atoms with Gasteiger partial charge >= 0.3 is 0 Å². The van der Waals surface area contributed by atoms with Crippen LogP contribution in [0.4, 0.5) is 0 Å². The Morgan fingerprint density at radius 2 is 2.40 bits per heavy atom. The number of rotatable bonds is 5. The molecule has 0 spiro atoms. The van der Waals surface area contributed by atoms with E-state index in [1.165, 1.54) is 0 Å². The first-order chi connectivity index (χ1) is 4.66. The van der Waals surface area contributed by atoms with Crippen molar-refractivity contribution in [3.05, 3.63) is 12.7 Å². The molecular weight excluding hydrogens is 146 g/mol. The van der Waals surface area contributed by atoms with Crippen molar-refractivity contribution >= 4 is 10.8 Å². The highest BCUT2D eigenvalue weighted by molar-refractivity contribution is 7.84. The highest BCUT2D eigenvalue weighted by atomic mass is 32.2. The molecule has 2 atom stereocenters. The average molecular weight is 161 g/mol. The van der Waals surface area contributed by atoms with Crippen LogP contribution in [-0.2, 0) is 10.8 Å². The zero-order valence-electron chi connectivity index (χ0n) is 6.59. The number of hydrogen-bond donors (Lipinski definition) is 1. The zero-order valence-corrected chi connectivity index (χ0v) is 7.41. The smallest absolute Gasteiger partial charge is 0.0357 e. The maximum absolute atomic E-state index is 10.6. The topological polar surface area (TPSA) is 29.1 Å². The molecule has 0 aromatic carbocycles. The summed E-state index contributed by atoms with van der Waals surface area (Å²) >= 11 is 0. The Morgan fingerprint density at radius 1 is 1.80 bits per heavy atom. The minimum absolute atomic E-state index is 0.323. The Hall–Kier alpha value is -0.150. The van der Waals surface area contributed by atoms with Gasteiger partial charge in [0, 0.05) is 35.4 Å². The fraction of sp³-hybridized carbons (Fsp3) is 0.714. The van der Waals surface area contributed by atoms with Crippen molar-refractivity contribution in [1.29, 1.82) is 0 Å². The predicted molar refractivity (Wildman–Crippen MR) is 46.6 cm³/mol. The molecule has 10 heavy (non-hydrogen) atoms. The Labute approximate surface area is 65.2 Å². The Balaban J connectivity index is 3.19. The van der Waals surface area contributed by atoms with Gasteiger partial charge in [0.1, 0.15) is 0 Å². The molecule has 60 valence electrons. The fourth-order valence-corrected chi connectivity index (χ4v) is 0.919. The van der Waals surface area contributed by atoms with Crippen LogP contribution in [0.1, 0.15) is 6.92 Å². The van der Waals surface area contributed by atoms with E-state index in [1.54, 1.807) is 6.26 Å². The van der Waals surface area contributed by atoms with Gasteiger partial charge in [0.05, 0.1) is 0 Å². The summed E-state index contributed by atoms with van der Waals surface area (Å²) in [6.45, 7) is 6.44. The molecule has 0 rings (SSSR count). The second kappa shape index (κ2) is 5.62. The normalized spacial score (nSPS) is 16.2. The second-order valence-electron chi connectivity index (χ2n) is 2.26. The molecule has 0 fully saturated rings. The predicted octanol–water partition coefficient (Wildman–Crippen LogP) is 0.529. The molecule has 2 unspecified atom stereocenters. The van der Waals surface area contributed by atoms with Crippen LogP contribution < -0.4 is 5.32 Å². The molecule has 0 aliphatic carbocycles. The molecule has 0 aromatic heterocycles. The summed E-state index contributed by atoms with van der Waals surface area (Å²) in [5.41, 5.74) is 0. The van der Waals surface area contributed by atoms with Crippen LogP contribution in [0.25, 0.3) is 0 Å². The molecule has 1 N–H and O–H groups in total. The van der Waals surface area contributed by atoms with Crippen molar-refractivity contribution in [3.8, 4) is 0 Å². The number of nitrogens with one attached hydrogen (secondary N) is 1. The van der Waals surface area contributed by atoms with Crippen LogP contribution in [0.3, 0.4) is 0 Å². The van der Waals surface area contributed by atoms with E-state index in [2.05, 4.69) is 11.9 Å². The van der Waals surface area contributed by atoms with Gasteiger partial charge in [0.2, 0.25) is 0 Å². The van der Waals surface area contributed by atoms with Gasteiger partial charge in [-0.3, -0.25) is 4.21 Å². The highest BCUT2D eigenvalue weighted by Gasteiger charge is 1.94. The lowest BCUT2D eigenvalue weighted by atomic mass is 10.3. The Morgan fingerprint density at radius 3 is 2.80 bits per heavy atom. The SMILES string of the molecule is C=CC(C)NCCS(C)=O. The third-order valence-corrected chi connectivity index (χ3v) is 1.99. The molecule has 0 saturated carbocycles. The minimum atomic E-state index is -0.681. The molecular formula is C7H15NOS. The van der Waals surface area contributed by atoms with E-state index in [-0.39, 0.29) is 0 Å². The van der Waals surface area contributed by atoms with Crippen molar-refractivity contribution < 1.29 is 4.21 Å². The summed E-state index contributed by atoms with van der Waals surface area (Å²) in [4.78, 5) is 0. The fourth-order valence-electron chi connectivity index (χ4n) is 0.514. The van der Waals surface area contributed by atoms with Crippen LogP contribution in [0.2, 0.25) is 0 Å². The largest absolute Gasteiger partial charge is 0.310 e. The Kier molecular flexibility index (Phi) is 5.54. The third kappa shape index (κ3) is 5.98. The summed E-state index contributed by atoms with van der Waals surface area (Å²) in [5.74, 6) is 0.720. The highest BCUT2D eigenvalue weighted by Crippen LogP contribution is 1.80. The maximum atomic E-state index is 10.6. The summed E-state index contributed by atoms with van der Waals surface area (Å²) in [6, 6.07) is 0.323. The summed E-state index contributed by atoms with van der Waals surface area (Å²) in [6.07, 6.45) is 3.54. The second-order valence-corrected chi connectivity index (χ2v) is 3.81. The molecule has 0 radical (unpaired) electrons. The summed E-state index contributed by atoms with van der Waals surface area (Å²) in [7, 11) is -0.681. The molecule has 0 bridgehead atoms. The average Bonchev–Trinajstić information content (AvgIpc) is 1.87. The van der Waals surface area contributed by atoms with E-state index in [0.717, 1.165) is 12.3 Å². The van der Waals surface area contributed by atoms with Gasteiger partial charge in [-0.15, -0.1) is 6.58 Å². The van der Waals surface area contributed by atoms with Crippen LogP contribution in [0.15, 0.2) is 12.7 Å². The van der Waals surface area contributed by atoms with E-state index < -0.39 is 10.8 Å². The lowest BCUT2D eigenvalue weighted by Gasteiger charge is -2.06. The lowest BCUT2D eigenvalue weighted by molar-refractivity contribution is 0.652. The molecule has 0 aliphatic heterocycles. The molecule has 0 aliphatic rings. The van der Waals surface area contributed by atoms with Crippen LogP contribution in [0.5, 0.6) is 0 Å². The lowest BCUT2D eigenvalue weighted by Crippen LogP contribution is -2.27. The first-order valence-corrected chi connectivity index (χ1v) is 5.05. The van der Waals surface area contributed by atoms with E-state index >= 15 is 0 Å². The van der Waals surface area contributed by atoms with Crippen molar-refractivity contribution in [2.24, 2.45) is 0 Å². The van der Waals surface area contributed by atoms with Crippen LogP contribution in [-0.4, -0.2) is 28.8 Å². The first-order valence-electron chi connectivity index (χ1n) is 3.32. The van der Waals surface area contributed by atoms with E-state index in [4.69, 9.17) is 0 Å². The van der Waals surface area contributed by atoms with Gasteiger partial charge in [-0.25, -0.2) is 0 Å². The molecule has 0 heterocycles. The molecule has 0 aromatic rings. The van der Waals surface area contributed by atoms with Crippen molar-refractivity contribution in [2.75, 3.05) is 18.6 Å². The monoisotopic (exact) mass is 161 g/mol. The zero-order chi connectivity index (χ0) is 7.98. The first kappa shape index (κ1) is 9.85. The standard InChI is InChI=1S/C7H15NOS/c1-4-7(2)8-5-6-10(3)9/h4,7-8H,1,5-6H2,2-3H3. The van der Waals surface area contributed by atoms with Gasteiger partial charge in [0.15, 0.2) is 0 Å². The van der Waals surface area contributed by atoms with Crippen molar-refractivity contribution in [1.82, 2.24) is 5.32 Å². The van der Waals surface area contributed by atoms with E-state index in [1.807, 2.05) is 13.0 Å². The molecule has 0 saturated heterocycles. The van der Waals surface area contributed by atoms with Crippen LogP contribution in [0, 0.1) is 0 Å². The summed E-state index contributed by atoms with van der Waals surface area (Å²) < 4.78 is 10.6. The summed E-state index contributed by atoms with van der Waals surface area (Å²) in [5, 5.41) is 3.15.